The number of alkyl halides is 3. The third-order valence-corrected chi connectivity index (χ3v) is 4.98. The Morgan fingerprint density at radius 1 is 1.03 bits per heavy atom. The van der Waals surface area contributed by atoms with Gasteiger partial charge >= 0.3 is 12.3 Å². The van der Waals surface area contributed by atoms with E-state index in [0.717, 1.165) is 12.4 Å². The van der Waals surface area contributed by atoms with E-state index < -0.39 is 23.9 Å². The van der Waals surface area contributed by atoms with Crippen LogP contribution in [-0.2, 0) is 10.9 Å². The molecule has 15 heteroatoms. The fraction of sp³-hybridized carbons (Fsp3) is 0.286. The van der Waals surface area contributed by atoms with Crippen LogP contribution >= 0.6 is 11.6 Å². The van der Waals surface area contributed by atoms with E-state index in [0.29, 0.717) is 5.82 Å². The van der Waals surface area contributed by atoms with Gasteiger partial charge in [-0.3, -0.25) is 5.32 Å². The largest absolute Gasteiger partial charge is 0.447 e. The van der Waals surface area contributed by atoms with Crippen molar-refractivity contribution < 1.29 is 22.7 Å². The number of carbonyl (C=O) groups excluding carboxylic acids is 1. The minimum Gasteiger partial charge on any atom is -0.447 e. The molecule has 4 aromatic rings. The Bertz CT molecular complexity index is 1410. The van der Waals surface area contributed by atoms with Crippen molar-refractivity contribution in [2.45, 2.75) is 39.1 Å². The summed E-state index contributed by atoms with van der Waals surface area (Å²) in [6, 6.07) is 3.03. The Balaban J connectivity index is 1.64. The van der Waals surface area contributed by atoms with Crippen LogP contribution in [0.1, 0.15) is 38.2 Å². The van der Waals surface area contributed by atoms with Gasteiger partial charge in [-0.15, -0.1) is 0 Å². The van der Waals surface area contributed by atoms with Gasteiger partial charge < -0.3 is 10.1 Å². The molecule has 1 aromatic carbocycles. The second-order valence-electron chi connectivity index (χ2n) is 7.81. The monoisotopic (exact) mass is 521 g/mol. The van der Waals surface area contributed by atoms with E-state index in [1.54, 1.807) is 20.8 Å². The van der Waals surface area contributed by atoms with Gasteiger partial charge in [-0.1, -0.05) is 11.6 Å². The van der Waals surface area contributed by atoms with Crippen LogP contribution in [0.25, 0.3) is 16.7 Å². The minimum absolute atomic E-state index is 0.0902. The second-order valence-corrected chi connectivity index (χ2v) is 8.24. The molecule has 11 nitrogen and oxygen atoms in total. The van der Waals surface area contributed by atoms with Crippen LogP contribution in [0, 0.1) is 0 Å². The molecular weight excluding hydrogens is 503 g/mol. The Labute approximate surface area is 207 Å². The summed E-state index contributed by atoms with van der Waals surface area (Å²) < 4.78 is 47.0. The van der Waals surface area contributed by atoms with E-state index in [-0.39, 0.29) is 39.5 Å². The first-order chi connectivity index (χ1) is 17.0. The van der Waals surface area contributed by atoms with Crippen LogP contribution in [0.2, 0.25) is 5.02 Å². The number of nitrogens with zero attached hydrogens (tertiary/aromatic N) is 7. The molecule has 2 N–H and O–H groups in total. The number of nitrogens with one attached hydrogen (secondary N) is 2. The van der Waals surface area contributed by atoms with Crippen molar-refractivity contribution in [2.75, 3.05) is 10.6 Å². The van der Waals surface area contributed by atoms with E-state index in [2.05, 4.69) is 40.7 Å². The van der Waals surface area contributed by atoms with Crippen LogP contribution < -0.4 is 10.6 Å². The summed E-state index contributed by atoms with van der Waals surface area (Å²) >= 11 is 5.96. The van der Waals surface area contributed by atoms with E-state index in [4.69, 9.17) is 16.3 Å². The molecule has 3 aromatic heterocycles. The smallest absolute Gasteiger partial charge is 0.418 e. The lowest BCUT2D eigenvalue weighted by Crippen LogP contribution is -2.19. The van der Waals surface area contributed by atoms with E-state index >= 15 is 0 Å². The number of benzene rings is 1. The van der Waals surface area contributed by atoms with Gasteiger partial charge in [-0.25, -0.2) is 29.7 Å². The van der Waals surface area contributed by atoms with Crippen LogP contribution in [0.3, 0.4) is 0 Å². The third-order valence-electron chi connectivity index (χ3n) is 4.77. The summed E-state index contributed by atoms with van der Waals surface area (Å²) in [5.74, 6) is 0.926. The summed E-state index contributed by atoms with van der Waals surface area (Å²) in [7, 11) is 0. The fourth-order valence-corrected chi connectivity index (χ4v) is 3.55. The molecule has 0 saturated heterocycles. The van der Waals surface area contributed by atoms with E-state index in [1.165, 1.54) is 29.5 Å². The highest BCUT2D eigenvalue weighted by Crippen LogP contribution is 2.38. The Kier molecular flexibility index (Phi) is 6.88. The summed E-state index contributed by atoms with van der Waals surface area (Å²) in [6.07, 6.45) is -2.11. The number of amides is 1. The molecule has 0 bridgehead atoms. The Morgan fingerprint density at radius 2 is 1.78 bits per heavy atom. The van der Waals surface area contributed by atoms with Gasteiger partial charge in [0, 0.05) is 16.5 Å². The lowest BCUT2D eigenvalue weighted by atomic mass is 10.1. The van der Waals surface area contributed by atoms with Crippen LogP contribution in [0.15, 0.2) is 37.2 Å². The number of rotatable bonds is 6. The second kappa shape index (κ2) is 9.89. The lowest BCUT2D eigenvalue weighted by molar-refractivity contribution is -0.136. The van der Waals surface area contributed by atoms with Crippen molar-refractivity contribution in [1.29, 1.82) is 0 Å². The first kappa shape index (κ1) is 25.0. The highest BCUT2D eigenvalue weighted by Gasteiger charge is 2.34. The van der Waals surface area contributed by atoms with Crippen LogP contribution in [0.5, 0.6) is 0 Å². The number of ether oxygens (including phenoxy) is 1. The van der Waals surface area contributed by atoms with Crippen molar-refractivity contribution >= 4 is 40.2 Å². The molecule has 3 heterocycles. The SMILES string of the molecule is CC(C)OC(=O)Nc1cc(-n2ncnc2[C@H](C)Nc2ncnc3c(C(F)(F)F)cc(Cl)cc23)ncn1. The molecule has 36 heavy (non-hydrogen) atoms. The van der Waals surface area contributed by atoms with E-state index in [1.807, 2.05) is 0 Å². The number of hydrogen-bond donors (Lipinski definition) is 2. The molecule has 0 saturated carbocycles. The lowest BCUT2D eigenvalue weighted by Gasteiger charge is -2.17. The number of aromatic nitrogens is 7. The standard InChI is InChI=1S/C21H19ClF3N9O2/c1-10(2)36-20(35)33-15-6-16(27-7-26-15)34-19(30-9-31-34)11(3)32-18-13-4-12(22)5-14(21(23,24)25)17(13)28-8-29-18/h4-11H,1-3H3,(H,28,29,32)(H,26,27,33,35)/t11-/m0/s1. The molecule has 0 unspecified atom stereocenters. The molecule has 4 rings (SSSR count). The zero-order valence-electron chi connectivity index (χ0n) is 19.1. The molecule has 0 aliphatic heterocycles. The predicted octanol–water partition coefficient (Wildman–Crippen LogP) is 4.80. The topological polar surface area (TPSA) is 133 Å². The normalized spacial score (nSPS) is 12.6. The summed E-state index contributed by atoms with van der Waals surface area (Å²) in [5.41, 5.74) is -1.26. The van der Waals surface area contributed by atoms with Crippen molar-refractivity contribution in [3.05, 3.63) is 53.6 Å². The van der Waals surface area contributed by atoms with Crippen molar-refractivity contribution in [3.8, 4) is 5.82 Å². The molecule has 0 aliphatic carbocycles. The maximum absolute atomic E-state index is 13.5. The van der Waals surface area contributed by atoms with E-state index in [9.17, 15) is 18.0 Å². The van der Waals surface area contributed by atoms with Gasteiger partial charge in [0.1, 0.15) is 30.6 Å². The summed E-state index contributed by atoms with van der Waals surface area (Å²) in [6.45, 7) is 5.13. The zero-order chi connectivity index (χ0) is 26.0. The molecule has 188 valence electrons. The Morgan fingerprint density at radius 3 is 2.50 bits per heavy atom. The molecule has 0 fully saturated rings. The summed E-state index contributed by atoms with van der Waals surface area (Å²) in [5, 5.41) is 9.68. The van der Waals surface area contributed by atoms with Crippen molar-refractivity contribution in [2.24, 2.45) is 0 Å². The molecular formula is C21H19ClF3N9O2. The number of halogens is 4. The average molecular weight is 522 g/mol. The first-order valence-electron chi connectivity index (χ1n) is 10.5. The average Bonchev–Trinajstić information content (AvgIpc) is 3.28. The minimum atomic E-state index is -4.65. The van der Waals surface area contributed by atoms with Gasteiger partial charge in [0.25, 0.3) is 0 Å². The van der Waals surface area contributed by atoms with Gasteiger partial charge in [0.2, 0.25) is 0 Å². The molecule has 0 radical (unpaired) electrons. The first-order valence-corrected chi connectivity index (χ1v) is 10.9. The highest BCUT2D eigenvalue weighted by atomic mass is 35.5. The Hall–Kier alpha value is -4.07. The predicted molar refractivity (Wildman–Crippen MR) is 124 cm³/mol. The fourth-order valence-electron chi connectivity index (χ4n) is 3.33. The molecule has 1 amide bonds. The third kappa shape index (κ3) is 5.43. The van der Waals surface area contributed by atoms with Gasteiger partial charge in [0.15, 0.2) is 11.6 Å². The van der Waals surface area contributed by atoms with Crippen LogP contribution in [-0.4, -0.2) is 46.9 Å². The number of carbonyl (C=O) groups is 1. The van der Waals surface area contributed by atoms with Crippen molar-refractivity contribution in [3.63, 3.8) is 0 Å². The number of fused-ring (bicyclic) bond motifs is 1. The number of hydrogen-bond acceptors (Lipinski definition) is 9. The highest BCUT2D eigenvalue weighted by molar-refractivity contribution is 6.31. The van der Waals surface area contributed by atoms with Gasteiger partial charge in [-0.05, 0) is 32.9 Å². The summed E-state index contributed by atoms with van der Waals surface area (Å²) in [4.78, 5) is 32.2. The zero-order valence-corrected chi connectivity index (χ0v) is 19.8. The van der Waals surface area contributed by atoms with Crippen molar-refractivity contribution in [1.82, 2.24) is 34.7 Å². The quantitative estimate of drug-likeness (QED) is 0.367. The van der Waals surface area contributed by atoms with Gasteiger partial charge in [0.05, 0.1) is 23.2 Å². The van der Waals surface area contributed by atoms with Crippen LogP contribution in [0.4, 0.5) is 29.6 Å². The maximum atomic E-state index is 13.5. The van der Waals surface area contributed by atoms with Gasteiger partial charge in [-0.2, -0.15) is 23.0 Å². The number of anilines is 2. The molecule has 0 spiro atoms. The maximum Gasteiger partial charge on any atom is 0.418 e. The molecule has 0 aliphatic rings. The molecule has 1 atom stereocenters.